The maximum Gasteiger partial charge on any atom is -1.00 e. The fourth-order valence-electron chi connectivity index (χ4n) is 3.09. The third kappa shape index (κ3) is 5.52. The van der Waals surface area contributed by atoms with E-state index in [4.69, 9.17) is 0 Å². The average Bonchev–Trinajstić information content (AvgIpc) is 2.84. The normalized spacial score (nSPS) is 23.5. The maximum absolute atomic E-state index is 2.50. The molecule has 0 bridgehead atoms. The number of hydrogen-bond donors (Lipinski definition) is 0. The minimum absolute atomic E-state index is 0. The van der Waals surface area contributed by atoms with Crippen molar-refractivity contribution in [3.05, 3.63) is 42.0 Å². The summed E-state index contributed by atoms with van der Waals surface area (Å²) in [6.45, 7) is 11.6. The molecule has 2 rings (SSSR count). The van der Waals surface area contributed by atoms with Crippen LogP contribution in [0.4, 0.5) is 0 Å². The molecule has 0 amide bonds. The molecule has 0 radical (unpaired) electrons. The van der Waals surface area contributed by atoms with Crippen LogP contribution in [0.5, 0.6) is 0 Å². The van der Waals surface area contributed by atoms with Crippen LogP contribution in [0.3, 0.4) is 0 Å². The standard InChI is InChI=1S/2C9H13.2ClH.Zr/c1-7(2)9-5-4-8(3)6-9;1-3-4-9-6-5-8(2)7-9;;;/h4,6-7,9H,1-3H3;5,7,9H,3-4H2,1-2H3;2*1H;/q;;;;+2/p-2. The topological polar surface area (TPSA) is 0 Å². The van der Waals surface area contributed by atoms with Gasteiger partial charge in [-0.2, -0.15) is 0 Å². The Morgan fingerprint density at radius 2 is 1.57 bits per heavy atom. The Morgan fingerprint density at radius 1 is 1.00 bits per heavy atom. The Morgan fingerprint density at radius 3 is 2.14 bits per heavy atom. The van der Waals surface area contributed by atoms with E-state index in [1.807, 2.05) is 3.28 Å². The van der Waals surface area contributed by atoms with Gasteiger partial charge in [0.25, 0.3) is 0 Å². The van der Waals surface area contributed by atoms with Crippen LogP contribution in [0.15, 0.2) is 42.0 Å². The summed E-state index contributed by atoms with van der Waals surface area (Å²) in [5, 5.41) is 0. The molecule has 2 aliphatic carbocycles. The van der Waals surface area contributed by atoms with Gasteiger partial charge in [-0.15, -0.1) is 0 Å². The average molecular weight is 405 g/mol. The predicted molar refractivity (Wildman–Crippen MR) is 80.4 cm³/mol. The van der Waals surface area contributed by atoms with Gasteiger partial charge in [-0.3, -0.25) is 0 Å². The Hall–Kier alpha value is 0.423. The predicted octanol–water partition coefficient (Wildman–Crippen LogP) is -0.547. The van der Waals surface area contributed by atoms with Gasteiger partial charge in [0.05, 0.1) is 0 Å². The van der Waals surface area contributed by atoms with E-state index in [1.54, 1.807) is 3.28 Å². The number of hydrogen-bond acceptors (Lipinski definition) is 0. The van der Waals surface area contributed by atoms with E-state index < -0.39 is 23.2 Å². The Kier molecular flexibility index (Phi) is 9.73. The number of halogens is 2. The zero-order valence-electron chi connectivity index (χ0n) is 13.7. The summed E-state index contributed by atoms with van der Waals surface area (Å²) in [7, 11) is 0. The smallest absolute Gasteiger partial charge is 1.00 e. The van der Waals surface area contributed by atoms with Crippen molar-refractivity contribution >= 4 is 0 Å². The van der Waals surface area contributed by atoms with Crippen molar-refractivity contribution in [1.29, 1.82) is 0 Å². The van der Waals surface area contributed by atoms with Crippen molar-refractivity contribution in [1.82, 2.24) is 0 Å². The van der Waals surface area contributed by atoms with Gasteiger partial charge < -0.3 is 24.8 Å². The Labute approximate surface area is 154 Å². The molecule has 2 unspecified atom stereocenters. The van der Waals surface area contributed by atoms with Crippen LogP contribution in [-0.4, -0.2) is 0 Å². The second kappa shape index (κ2) is 9.54. The second-order valence-corrected chi connectivity index (χ2v) is 9.76. The first kappa shape index (κ1) is 21.4. The van der Waals surface area contributed by atoms with Gasteiger partial charge in [0, 0.05) is 0 Å². The van der Waals surface area contributed by atoms with Crippen molar-refractivity contribution in [2.75, 3.05) is 0 Å². The summed E-state index contributed by atoms with van der Waals surface area (Å²) in [6, 6.07) is 0. The molecule has 0 saturated heterocycles. The molecule has 21 heavy (non-hydrogen) atoms. The van der Waals surface area contributed by atoms with Crippen LogP contribution >= 0.6 is 0 Å². The van der Waals surface area contributed by atoms with E-state index >= 15 is 0 Å². The molecule has 0 aliphatic heterocycles. The molecular weight excluding hydrogens is 378 g/mol. The van der Waals surface area contributed by atoms with Crippen molar-refractivity contribution < 1.29 is 48.0 Å². The van der Waals surface area contributed by atoms with Crippen LogP contribution in [0.25, 0.3) is 0 Å². The van der Waals surface area contributed by atoms with Gasteiger partial charge in [0.2, 0.25) is 0 Å². The van der Waals surface area contributed by atoms with E-state index in [-0.39, 0.29) is 24.8 Å². The monoisotopic (exact) mass is 402 g/mol. The van der Waals surface area contributed by atoms with E-state index in [9.17, 15) is 0 Å². The third-order valence-corrected chi connectivity index (χ3v) is 7.90. The third-order valence-electron chi connectivity index (χ3n) is 4.04. The molecule has 0 aromatic rings. The van der Waals surface area contributed by atoms with E-state index in [1.165, 1.54) is 24.0 Å². The van der Waals surface area contributed by atoms with Gasteiger partial charge in [-0.05, 0) is 0 Å². The molecule has 0 spiro atoms. The molecule has 116 valence electrons. The fraction of sp³-hybridized carbons (Fsp3) is 0.556. The summed E-state index contributed by atoms with van der Waals surface area (Å²) in [6.07, 6.45) is 12.6. The first-order valence-electron chi connectivity index (χ1n) is 7.58. The summed E-state index contributed by atoms with van der Waals surface area (Å²) in [5.74, 6) is 2.26. The van der Waals surface area contributed by atoms with Crippen molar-refractivity contribution in [2.24, 2.45) is 17.8 Å². The number of allylic oxidation sites excluding steroid dienone is 8. The van der Waals surface area contributed by atoms with Crippen molar-refractivity contribution in [3.8, 4) is 0 Å². The molecule has 0 aromatic carbocycles. The molecule has 0 aromatic heterocycles. The van der Waals surface area contributed by atoms with Crippen LogP contribution < -0.4 is 24.8 Å². The molecule has 0 saturated carbocycles. The zero-order chi connectivity index (χ0) is 14.0. The van der Waals surface area contributed by atoms with Gasteiger partial charge in [-0.25, -0.2) is 0 Å². The molecule has 3 heteroatoms. The van der Waals surface area contributed by atoms with Crippen LogP contribution in [0.2, 0.25) is 0 Å². The van der Waals surface area contributed by atoms with Gasteiger partial charge in [0.1, 0.15) is 0 Å². The van der Waals surface area contributed by atoms with Crippen LogP contribution in [0, 0.1) is 17.8 Å². The van der Waals surface area contributed by atoms with E-state index in [0.29, 0.717) is 0 Å². The van der Waals surface area contributed by atoms with E-state index in [0.717, 1.165) is 17.8 Å². The largest absolute Gasteiger partial charge is 1.00 e. The molecule has 2 aliphatic rings. The summed E-state index contributed by atoms with van der Waals surface area (Å²) in [5.41, 5.74) is 2.99. The number of rotatable bonds is 5. The first-order valence-corrected chi connectivity index (χ1v) is 10.0. The quantitative estimate of drug-likeness (QED) is 0.577. The molecule has 0 heterocycles. The van der Waals surface area contributed by atoms with Gasteiger partial charge in [0.15, 0.2) is 0 Å². The minimum Gasteiger partial charge on any atom is -1.00 e. The van der Waals surface area contributed by atoms with Gasteiger partial charge >= 0.3 is 130 Å². The van der Waals surface area contributed by atoms with Crippen molar-refractivity contribution in [3.63, 3.8) is 0 Å². The van der Waals surface area contributed by atoms with Crippen LogP contribution in [-0.2, 0) is 23.2 Å². The maximum atomic E-state index is 2.50. The van der Waals surface area contributed by atoms with E-state index in [2.05, 4.69) is 58.9 Å². The summed E-state index contributed by atoms with van der Waals surface area (Å²) < 4.78 is 3.61. The van der Waals surface area contributed by atoms with Crippen molar-refractivity contribution in [2.45, 2.75) is 47.5 Å². The zero-order valence-corrected chi connectivity index (χ0v) is 17.7. The Bertz CT molecular complexity index is 470. The van der Waals surface area contributed by atoms with Gasteiger partial charge in [-0.1, -0.05) is 0 Å². The molecular formula is C18H26Cl2Zr. The Balaban J connectivity index is 0.00000200. The first-order chi connectivity index (χ1) is 9.01. The summed E-state index contributed by atoms with van der Waals surface area (Å²) >= 11 is -0.556. The second-order valence-electron chi connectivity index (χ2n) is 6.31. The molecule has 0 N–H and O–H groups in total. The van der Waals surface area contributed by atoms with Crippen LogP contribution in [0.1, 0.15) is 47.5 Å². The molecule has 0 nitrogen and oxygen atoms in total. The SMILES string of the molecule is CCCC1C=C(C)C=[C]1[Zr+2][C]1=CC(C)=CC1C(C)C.[Cl-].[Cl-]. The minimum atomic E-state index is -0.556. The molecule has 2 atom stereocenters. The molecule has 0 fully saturated rings. The summed E-state index contributed by atoms with van der Waals surface area (Å²) in [4.78, 5) is 0. The fourth-order valence-corrected chi connectivity index (χ4v) is 7.83.